The van der Waals surface area contributed by atoms with Crippen LogP contribution in [0.25, 0.3) is 0 Å². The summed E-state index contributed by atoms with van der Waals surface area (Å²) in [6, 6.07) is 22.4. The number of urea groups is 1. The molecule has 3 aromatic carbocycles. The lowest BCUT2D eigenvalue weighted by atomic mass is 10.0. The summed E-state index contributed by atoms with van der Waals surface area (Å²) >= 11 is 0. The Labute approximate surface area is 254 Å². The fourth-order valence-electron chi connectivity index (χ4n) is 6.64. The minimum absolute atomic E-state index is 0.138. The number of carbonyl (C=O) groups excluding carboxylic acids is 2. The minimum Gasteiger partial charge on any atom is -0.497 e. The highest BCUT2D eigenvalue weighted by atomic mass is 16.5. The third-order valence-electron chi connectivity index (χ3n) is 9.20. The second kappa shape index (κ2) is 12.6. The van der Waals surface area contributed by atoms with Crippen LogP contribution in [0.2, 0.25) is 0 Å². The summed E-state index contributed by atoms with van der Waals surface area (Å²) in [6.07, 6.45) is 2.61. The van der Waals surface area contributed by atoms with Gasteiger partial charge in [-0.1, -0.05) is 12.1 Å². The van der Waals surface area contributed by atoms with Gasteiger partial charge in [-0.2, -0.15) is 0 Å². The summed E-state index contributed by atoms with van der Waals surface area (Å²) in [7, 11) is 1.62. The first-order valence-electron chi connectivity index (χ1n) is 15.3. The Morgan fingerprint density at radius 1 is 0.791 bits per heavy atom. The average molecular weight is 583 g/mol. The van der Waals surface area contributed by atoms with Gasteiger partial charge in [0.15, 0.2) is 0 Å². The van der Waals surface area contributed by atoms with Crippen LogP contribution in [0.3, 0.4) is 0 Å². The van der Waals surface area contributed by atoms with E-state index in [-0.39, 0.29) is 18.5 Å². The molecule has 3 aliphatic rings. The summed E-state index contributed by atoms with van der Waals surface area (Å²) in [5.41, 5.74) is 11.9. The van der Waals surface area contributed by atoms with Gasteiger partial charge >= 0.3 is 6.03 Å². The van der Waals surface area contributed by atoms with Crippen molar-refractivity contribution in [3.63, 3.8) is 0 Å². The summed E-state index contributed by atoms with van der Waals surface area (Å²) < 4.78 is 5.23. The molecular formula is C34H42N6O3. The number of ether oxygens (including phenoxy) is 1. The molecule has 3 aliphatic heterocycles. The Kier molecular flexibility index (Phi) is 8.42. The molecule has 3 amide bonds. The van der Waals surface area contributed by atoms with E-state index in [2.05, 4.69) is 45.9 Å². The Morgan fingerprint density at radius 2 is 1.44 bits per heavy atom. The first-order valence-corrected chi connectivity index (χ1v) is 15.3. The van der Waals surface area contributed by atoms with Crippen LogP contribution in [0.4, 0.5) is 27.5 Å². The van der Waals surface area contributed by atoms with Crippen LogP contribution in [0, 0.1) is 6.92 Å². The number of amides is 3. The molecule has 3 saturated heterocycles. The summed E-state index contributed by atoms with van der Waals surface area (Å²) in [6.45, 7) is 9.02. The molecule has 0 radical (unpaired) electrons. The molecule has 0 spiro atoms. The maximum atomic E-state index is 13.5. The zero-order valence-electron chi connectivity index (χ0n) is 25.2. The Balaban J connectivity index is 1.04. The highest BCUT2D eigenvalue weighted by molar-refractivity contribution is 6.06. The predicted octanol–water partition coefficient (Wildman–Crippen LogP) is 4.74. The van der Waals surface area contributed by atoms with Gasteiger partial charge in [0.25, 0.3) is 0 Å². The molecule has 43 heavy (non-hydrogen) atoms. The van der Waals surface area contributed by atoms with E-state index in [0.29, 0.717) is 19.0 Å². The van der Waals surface area contributed by atoms with E-state index < -0.39 is 0 Å². The standard InChI is InChI=1S/C34H42N6O3/c1-25-23-30(36-16-13-29(14-17-36)38-21-19-37(20-22-38)28-7-5-27(35)6-8-28)9-12-32(25)39-18-15-33(41)40(34(39)42)24-26-3-10-31(43-2)11-4-26/h3-12,23,29H,13-22,24,35H2,1-2H3. The van der Waals surface area contributed by atoms with Crippen molar-refractivity contribution < 1.29 is 14.3 Å². The van der Waals surface area contributed by atoms with E-state index in [9.17, 15) is 9.59 Å². The average Bonchev–Trinajstić information content (AvgIpc) is 3.04. The maximum absolute atomic E-state index is 13.5. The summed E-state index contributed by atoms with van der Waals surface area (Å²) in [5, 5.41) is 0. The molecule has 3 aromatic rings. The normalized spacial score (nSPS) is 18.8. The van der Waals surface area contributed by atoms with Gasteiger partial charge in [-0.05, 0) is 85.5 Å². The van der Waals surface area contributed by atoms with Crippen LogP contribution in [0.15, 0.2) is 66.7 Å². The van der Waals surface area contributed by atoms with Gasteiger partial charge in [0, 0.05) is 81.0 Å². The summed E-state index contributed by atoms with van der Waals surface area (Å²) in [4.78, 5) is 36.9. The molecule has 9 nitrogen and oxygen atoms in total. The van der Waals surface area contributed by atoms with Crippen molar-refractivity contribution in [2.24, 2.45) is 0 Å². The van der Waals surface area contributed by atoms with E-state index in [1.165, 1.54) is 16.3 Å². The smallest absolute Gasteiger partial charge is 0.331 e. The summed E-state index contributed by atoms with van der Waals surface area (Å²) in [5.74, 6) is 0.607. The monoisotopic (exact) mass is 582 g/mol. The van der Waals surface area contributed by atoms with Gasteiger partial charge in [0.05, 0.1) is 13.7 Å². The van der Waals surface area contributed by atoms with Crippen molar-refractivity contribution in [2.45, 2.75) is 38.8 Å². The van der Waals surface area contributed by atoms with Crippen molar-refractivity contribution in [1.29, 1.82) is 0 Å². The number of benzene rings is 3. The van der Waals surface area contributed by atoms with Crippen LogP contribution in [0.1, 0.15) is 30.4 Å². The van der Waals surface area contributed by atoms with E-state index in [1.54, 1.807) is 12.0 Å². The molecule has 0 bridgehead atoms. The number of piperazine rings is 1. The zero-order chi connectivity index (χ0) is 29.9. The molecule has 2 N–H and O–H groups in total. The maximum Gasteiger partial charge on any atom is 0.331 e. The fourth-order valence-corrected chi connectivity index (χ4v) is 6.64. The number of nitrogen functional groups attached to an aromatic ring is 1. The Bertz CT molecular complexity index is 1430. The molecule has 0 aliphatic carbocycles. The van der Waals surface area contributed by atoms with Crippen LogP contribution in [0.5, 0.6) is 5.75 Å². The van der Waals surface area contributed by atoms with Crippen LogP contribution < -0.4 is 25.2 Å². The molecule has 6 rings (SSSR count). The van der Waals surface area contributed by atoms with Crippen LogP contribution >= 0.6 is 0 Å². The molecule has 0 aromatic heterocycles. The fraction of sp³-hybridized carbons (Fsp3) is 0.412. The van der Waals surface area contributed by atoms with E-state index in [0.717, 1.165) is 80.4 Å². The number of rotatable bonds is 7. The number of anilines is 4. The van der Waals surface area contributed by atoms with E-state index in [4.69, 9.17) is 10.5 Å². The zero-order valence-corrected chi connectivity index (χ0v) is 25.2. The van der Waals surface area contributed by atoms with Crippen molar-refractivity contribution in [2.75, 3.05) is 73.4 Å². The third kappa shape index (κ3) is 6.27. The minimum atomic E-state index is -0.264. The molecular weight excluding hydrogens is 540 g/mol. The molecule has 3 fully saturated rings. The van der Waals surface area contributed by atoms with Crippen molar-refractivity contribution in [3.05, 3.63) is 77.9 Å². The number of nitrogens with two attached hydrogens (primary N) is 1. The number of methoxy groups -OCH3 is 1. The lowest BCUT2D eigenvalue weighted by Crippen LogP contribution is -2.53. The van der Waals surface area contributed by atoms with Gasteiger partial charge in [-0.15, -0.1) is 0 Å². The van der Waals surface area contributed by atoms with Gasteiger partial charge < -0.3 is 20.3 Å². The number of nitrogens with zero attached hydrogens (tertiary/aromatic N) is 5. The van der Waals surface area contributed by atoms with Gasteiger partial charge in [-0.25, -0.2) is 4.79 Å². The second-order valence-corrected chi connectivity index (χ2v) is 11.8. The lowest BCUT2D eigenvalue weighted by Gasteiger charge is -2.44. The number of hydrogen-bond donors (Lipinski definition) is 1. The van der Waals surface area contributed by atoms with Gasteiger partial charge in [0.2, 0.25) is 5.91 Å². The van der Waals surface area contributed by atoms with Crippen LogP contribution in [-0.4, -0.2) is 80.7 Å². The first-order chi connectivity index (χ1) is 20.9. The Hall–Kier alpha value is -4.24. The lowest BCUT2D eigenvalue weighted by molar-refractivity contribution is -0.129. The van der Waals surface area contributed by atoms with Gasteiger partial charge in [-0.3, -0.25) is 19.5 Å². The van der Waals surface area contributed by atoms with Gasteiger partial charge in [0.1, 0.15) is 5.75 Å². The first kappa shape index (κ1) is 28.9. The number of imide groups is 1. The topological polar surface area (TPSA) is 85.6 Å². The molecule has 9 heteroatoms. The third-order valence-corrected chi connectivity index (χ3v) is 9.20. The van der Waals surface area contributed by atoms with E-state index in [1.807, 2.05) is 42.5 Å². The highest BCUT2D eigenvalue weighted by Crippen LogP contribution is 2.31. The van der Waals surface area contributed by atoms with Crippen molar-refractivity contribution >= 4 is 34.7 Å². The molecule has 0 saturated carbocycles. The van der Waals surface area contributed by atoms with Crippen molar-refractivity contribution in [3.8, 4) is 5.75 Å². The van der Waals surface area contributed by atoms with Crippen molar-refractivity contribution in [1.82, 2.24) is 9.80 Å². The predicted molar refractivity (Wildman–Crippen MR) is 172 cm³/mol. The second-order valence-electron chi connectivity index (χ2n) is 11.8. The highest BCUT2D eigenvalue weighted by Gasteiger charge is 2.34. The molecule has 3 heterocycles. The number of carbonyl (C=O) groups is 2. The van der Waals surface area contributed by atoms with E-state index >= 15 is 0 Å². The quantitative estimate of drug-likeness (QED) is 0.403. The molecule has 0 atom stereocenters. The largest absolute Gasteiger partial charge is 0.497 e. The molecule has 226 valence electrons. The molecule has 0 unspecified atom stereocenters. The van der Waals surface area contributed by atoms with Crippen LogP contribution in [-0.2, 0) is 11.3 Å². The number of piperidine rings is 1. The number of hydrogen-bond acceptors (Lipinski definition) is 7. The SMILES string of the molecule is COc1ccc(CN2C(=O)CCN(c3ccc(N4CCC(N5CCN(c6ccc(N)cc6)CC5)CC4)cc3C)C2=O)cc1. The Morgan fingerprint density at radius 3 is 2.09 bits per heavy atom. The number of aryl methyl sites for hydroxylation is 1.